The number of rotatable bonds is 7. The number of benzene rings is 1. The molecule has 0 radical (unpaired) electrons. The van der Waals surface area contributed by atoms with E-state index in [1.807, 2.05) is 0 Å². The zero-order valence-electron chi connectivity index (χ0n) is 11.7. The summed E-state index contributed by atoms with van der Waals surface area (Å²) in [6.07, 6.45) is 0. The Balaban J connectivity index is 2.56. The van der Waals surface area contributed by atoms with Crippen LogP contribution < -0.4 is 14.9 Å². The summed E-state index contributed by atoms with van der Waals surface area (Å²) in [6.45, 7) is 2.74. The zero-order chi connectivity index (χ0) is 15.9. The topological polar surface area (TPSA) is 114 Å². The number of anilines is 1. The average molecular weight is 316 g/mol. The number of hydrogen-bond donors (Lipinski definition) is 3. The maximum Gasteiger partial charge on any atom is 0.456 e. The van der Waals surface area contributed by atoms with Gasteiger partial charge in [0.05, 0.1) is 6.61 Å². The highest BCUT2D eigenvalue weighted by Gasteiger charge is 2.22. The molecule has 0 bridgehead atoms. The molecular weight excluding hydrogens is 299 g/mol. The smallest absolute Gasteiger partial charge is 0.456 e. The monoisotopic (exact) mass is 316 g/mol. The molecule has 0 aliphatic carbocycles. The predicted molar refractivity (Wildman–Crippen MR) is 75.8 cm³/mol. The lowest BCUT2D eigenvalue weighted by atomic mass is 10.3. The van der Waals surface area contributed by atoms with Gasteiger partial charge in [-0.15, -0.1) is 0 Å². The van der Waals surface area contributed by atoms with Gasteiger partial charge in [-0.25, -0.2) is 9.65 Å². The van der Waals surface area contributed by atoms with Crippen molar-refractivity contribution >= 4 is 25.3 Å². The van der Waals surface area contributed by atoms with E-state index in [0.29, 0.717) is 5.69 Å². The third kappa shape index (κ3) is 6.89. The second-order valence-electron chi connectivity index (χ2n) is 3.96. The molecule has 1 aromatic carbocycles. The van der Waals surface area contributed by atoms with Crippen molar-refractivity contribution in [1.29, 1.82) is 0 Å². The number of carbonyl (C=O) groups excluding carboxylic acids is 2. The van der Waals surface area contributed by atoms with Gasteiger partial charge >= 0.3 is 13.7 Å². The molecule has 116 valence electrons. The highest BCUT2D eigenvalue weighted by molar-refractivity contribution is 7.51. The van der Waals surface area contributed by atoms with E-state index < -0.39 is 20.3 Å². The number of carbonyl (C=O) groups is 2. The van der Waals surface area contributed by atoms with Gasteiger partial charge in [-0.1, -0.05) is 0 Å². The van der Waals surface area contributed by atoms with E-state index in [1.165, 1.54) is 31.2 Å². The minimum absolute atomic E-state index is 0.117. The van der Waals surface area contributed by atoms with Crippen LogP contribution in [-0.4, -0.2) is 29.9 Å². The van der Waals surface area contributed by atoms with Gasteiger partial charge < -0.3 is 19.5 Å². The fraction of sp³-hybridized carbons (Fsp3) is 0.333. The molecular formula is C12H17N2O6P. The lowest BCUT2D eigenvalue weighted by Gasteiger charge is -2.14. The van der Waals surface area contributed by atoms with Crippen LogP contribution in [0.1, 0.15) is 13.8 Å². The van der Waals surface area contributed by atoms with Crippen molar-refractivity contribution in [3.05, 3.63) is 24.3 Å². The molecule has 1 amide bonds. The van der Waals surface area contributed by atoms with E-state index in [0.717, 1.165) is 0 Å². The quantitative estimate of drug-likeness (QED) is 0.513. The zero-order valence-corrected chi connectivity index (χ0v) is 12.6. The van der Waals surface area contributed by atoms with Crippen LogP contribution >= 0.6 is 7.75 Å². The molecule has 0 aliphatic heterocycles. The van der Waals surface area contributed by atoms with Gasteiger partial charge in [-0.2, -0.15) is 0 Å². The Morgan fingerprint density at radius 1 is 1.29 bits per heavy atom. The molecule has 9 heteroatoms. The molecule has 1 aromatic rings. The van der Waals surface area contributed by atoms with Crippen LogP contribution in [0.4, 0.5) is 5.69 Å². The van der Waals surface area contributed by atoms with E-state index in [-0.39, 0.29) is 18.3 Å². The summed E-state index contributed by atoms with van der Waals surface area (Å²) >= 11 is 0. The largest absolute Gasteiger partial charge is 0.465 e. The molecule has 0 fully saturated rings. The molecule has 0 aliphatic rings. The van der Waals surface area contributed by atoms with Crippen molar-refractivity contribution in [1.82, 2.24) is 5.09 Å². The second-order valence-corrected chi connectivity index (χ2v) is 5.50. The molecule has 1 rings (SSSR count). The Bertz CT molecular complexity index is 545. The normalized spacial score (nSPS) is 13.1. The van der Waals surface area contributed by atoms with Crippen LogP contribution in [0.2, 0.25) is 0 Å². The lowest BCUT2D eigenvalue weighted by Crippen LogP contribution is -2.24. The van der Waals surface area contributed by atoms with E-state index in [4.69, 9.17) is 4.52 Å². The molecule has 0 saturated heterocycles. The van der Waals surface area contributed by atoms with Crippen molar-refractivity contribution in [2.75, 3.05) is 18.5 Å². The van der Waals surface area contributed by atoms with Gasteiger partial charge in [0.25, 0.3) is 0 Å². The summed E-state index contributed by atoms with van der Waals surface area (Å²) in [7, 11) is -4.17. The first kappa shape index (κ1) is 17.2. The summed E-state index contributed by atoms with van der Waals surface area (Å²) in [5.74, 6) is -0.768. The first-order valence-corrected chi connectivity index (χ1v) is 7.71. The van der Waals surface area contributed by atoms with Gasteiger partial charge in [0.2, 0.25) is 5.91 Å². The third-order valence-electron chi connectivity index (χ3n) is 2.13. The Kier molecular flexibility index (Phi) is 6.36. The molecule has 3 N–H and O–H groups in total. The standard InChI is InChI=1S/C12H17N2O6P/c1-3-19-12(16)8-13-21(17,18)20-11-6-4-10(5-7-11)14-9(2)15/h4-7H,3,8H2,1-2H3,(H,14,15)(H2,13,17,18). The van der Waals surface area contributed by atoms with Gasteiger partial charge in [-0.05, 0) is 31.2 Å². The molecule has 0 heterocycles. The number of nitrogens with one attached hydrogen (secondary N) is 2. The first-order chi connectivity index (χ1) is 9.82. The maximum atomic E-state index is 11.7. The van der Waals surface area contributed by atoms with Crippen LogP contribution in [0.5, 0.6) is 5.75 Å². The molecule has 0 saturated carbocycles. The highest BCUT2D eigenvalue weighted by Crippen LogP contribution is 2.38. The minimum atomic E-state index is -4.17. The van der Waals surface area contributed by atoms with Crippen molar-refractivity contribution in [2.45, 2.75) is 13.8 Å². The number of esters is 1. The number of ether oxygens (including phenoxy) is 1. The van der Waals surface area contributed by atoms with Crippen LogP contribution in [0.15, 0.2) is 24.3 Å². The van der Waals surface area contributed by atoms with E-state index >= 15 is 0 Å². The molecule has 8 nitrogen and oxygen atoms in total. The van der Waals surface area contributed by atoms with Gasteiger partial charge in [0, 0.05) is 12.6 Å². The summed E-state index contributed by atoms with van der Waals surface area (Å²) < 4.78 is 21.2. The predicted octanol–water partition coefficient (Wildman–Crippen LogP) is 1.28. The SMILES string of the molecule is CCOC(=O)CNP(=O)(O)Oc1ccc(NC(C)=O)cc1. The second kappa shape index (κ2) is 7.78. The van der Waals surface area contributed by atoms with Crippen LogP contribution in [0.3, 0.4) is 0 Å². The van der Waals surface area contributed by atoms with E-state index in [9.17, 15) is 19.0 Å². The highest BCUT2D eigenvalue weighted by atomic mass is 31.2. The summed E-state index contributed by atoms with van der Waals surface area (Å²) in [4.78, 5) is 31.5. The summed E-state index contributed by atoms with van der Waals surface area (Å²) in [6, 6.07) is 5.87. The van der Waals surface area contributed by atoms with Gasteiger partial charge in [0.15, 0.2) is 0 Å². The molecule has 0 aromatic heterocycles. The molecule has 21 heavy (non-hydrogen) atoms. The third-order valence-corrected chi connectivity index (χ3v) is 3.15. The first-order valence-electron chi connectivity index (χ1n) is 6.13. The molecule has 1 unspecified atom stereocenters. The number of amides is 1. The fourth-order valence-electron chi connectivity index (χ4n) is 1.35. The Hall–Kier alpha value is -1.89. The van der Waals surface area contributed by atoms with E-state index in [1.54, 1.807) is 6.92 Å². The summed E-state index contributed by atoms with van der Waals surface area (Å²) in [5, 5.41) is 4.63. The average Bonchev–Trinajstić information content (AvgIpc) is 2.38. The van der Waals surface area contributed by atoms with E-state index in [2.05, 4.69) is 15.1 Å². The van der Waals surface area contributed by atoms with Crippen molar-refractivity contribution in [3.8, 4) is 5.75 Å². The maximum absolute atomic E-state index is 11.7. The van der Waals surface area contributed by atoms with Crippen LogP contribution in [-0.2, 0) is 18.9 Å². The summed E-state index contributed by atoms with van der Waals surface area (Å²) in [5.41, 5.74) is 0.530. The van der Waals surface area contributed by atoms with Crippen LogP contribution in [0, 0.1) is 0 Å². The van der Waals surface area contributed by atoms with Gasteiger partial charge in [0.1, 0.15) is 12.3 Å². The van der Waals surface area contributed by atoms with Crippen molar-refractivity contribution in [2.24, 2.45) is 0 Å². The van der Waals surface area contributed by atoms with Crippen molar-refractivity contribution in [3.63, 3.8) is 0 Å². The molecule has 0 spiro atoms. The fourth-order valence-corrected chi connectivity index (χ4v) is 2.15. The minimum Gasteiger partial charge on any atom is -0.465 e. The van der Waals surface area contributed by atoms with Crippen molar-refractivity contribution < 1.29 is 28.3 Å². The van der Waals surface area contributed by atoms with Crippen LogP contribution in [0.25, 0.3) is 0 Å². The van der Waals surface area contributed by atoms with Gasteiger partial charge in [-0.3, -0.25) is 9.59 Å². The Labute approximate surface area is 122 Å². The number of hydrogen-bond acceptors (Lipinski definition) is 5. The Morgan fingerprint density at radius 3 is 2.43 bits per heavy atom. The lowest BCUT2D eigenvalue weighted by molar-refractivity contribution is -0.141. The Morgan fingerprint density at radius 2 is 1.90 bits per heavy atom. The molecule has 1 atom stereocenters.